The van der Waals surface area contributed by atoms with Crippen LogP contribution in [0.4, 0.5) is 0 Å². The second-order valence-corrected chi connectivity index (χ2v) is 6.00. The molecule has 0 fully saturated rings. The number of para-hydroxylation sites is 3. The summed E-state index contributed by atoms with van der Waals surface area (Å²) in [6.45, 7) is 0.817. The molecule has 0 radical (unpaired) electrons. The van der Waals surface area contributed by atoms with Gasteiger partial charge in [-0.3, -0.25) is 0 Å². The average Bonchev–Trinajstić information content (AvgIpc) is 2.97. The van der Waals surface area contributed by atoms with Gasteiger partial charge in [0.15, 0.2) is 11.0 Å². The number of aromatic nitrogens is 2. The molecule has 2 nitrogen and oxygen atoms in total. The third-order valence-electron chi connectivity index (χ3n) is 4.01. The molecule has 3 aromatic carbocycles. The van der Waals surface area contributed by atoms with Crippen molar-refractivity contribution in [1.82, 2.24) is 4.57 Å². The van der Waals surface area contributed by atoms with Crippen molar-refractivity contribution in [2.24, 2.45) is 0 Å². The van der Waals surface area contributed by atoms with Crippen LogP contribution in [0.2, 0.25) is 5.02 Å². The van der Waals surface area contributed by atoms with E-state index < -0.39 is 0 Å². The Morgan fingerprint density at radius 2 is 1.46 bits per heavy atom. The fraction of sp³-hybridized carbons (Fsp3) is 0.0500. The lowest BCUT2D eigenvalue weighted by Gasteiger charge is -1.99. The van der Waals surface area contributed by atoms with Crippen molar-refractivity contribution >= 4 is 22.6 Å². The summed E-state index contributed by atoms with van der Waals surface area (Å²) in [5, 5.41) is 0.769. The molecule has 0 N–H and O–H groups in total. The number of imidazole rings is 1. The number of hydrogen-bond acceptors (Lipinski definition) is 0. The molecule has 0 saturated carbocycles. The first-order chi connectivity index (χ1) is 11.3. The smallest absolute Gasteiger partial charge is 0.250 e. The maximum atomic E-state index is 5.98. The molecule has 0 spiro atoms. The number of halogens is 2. The summed E-state index contributed by atoms with van der Waals surface area (Å²) < 4.78 is 4.50. The summed E-state index contributed by atoms with van der Waals surface area (Å²) in [5.41, 5.74) is 4.81. The SMILES string of the molecule is Clc1ccc(C[n+]2cn(-c3ccccc3)c3ccccc32)cc1.[Cl-]. The monoisotopic (exact) mass is 354 g/mol. The Kier molecular flexibility index (Phi) is 4.89. The van der Waals surface area contributed by atoms with Gasteiger partial charge in [0, 0.05) is 5.02 Å². The van der Waals surface area contributed by atoms with Gasteiger partial charge in [-0.05, 0) is 42.0 Å². The highest BCUT2D eigenvalue weighted by Crippen LogP contribution is 2.17. The summed E-state index contributed by atoms with van der Waals surface area (Å²) in [6.07, 6.45) is 2.16. The minimum absolute atomic E-state index is 0. The van der Waals surface area contributed by atoms with Gasteiger partial charge in [0.2, 0.25) is 6.33 Å². The first-order valence-electron chi connectivity index (χ1n) is 7.61. The van der Waals surface area contributed by atoms with E-state index in [1.54, 1.807) is 0 Å². The summed E-state index contributed by atoms with van der Waals surface area (Å²) in [6, 6.07) is 26.9. The van der Waals surface area contributed by atoms with E-state index in [4.69, 9.17) is 11.6 Å². The Morgan fingerprint density at radius 3 is 2.21 bits per heavy atom. The highest BCUT2D eigenvalue weighted by Gasteiger charge is 2.16. The van der Waals surface area contributed by atoms with Gasteiger partial charge in [0.1, 0.15) is 12.2 Å². The molecule has 0 aliphatic rings. The predicted octanol–water partition coefficient (Wildman–Crippen LogP) is 1.62. The molecule has 0 aliphatic carbocycles. The topological polar surface area (TPSA) is 8.81 Å². The molecular formula is C20H16Cl2N2. The van der Waals surface area contributed by atoms with Crippen LogP contribution >= 0.6 is 11.6 Å². The van der Waals surface area contributed by atoms with Gasteiger partial charge in [-0.2, -0.15) is 4.57 Å². The van der Waals surface area contributed by atoms with Crippen LogP contribution in [0, 0.1) is 0 Å². The summed E-state index contributed by atoms with van der Waals surface area (Å²) in [4.78, 5) is 0. The van der Waals surface area contributed by atoms with E-state index in [1.165, 1.54) is 22.3 Å². The minimum atomic E-state index is 0. The van der Waals surface area contributed by atoms with E-state index in [-0.39, 0.29) is 12.4 Å². The standard InChI is InChI=1S/C20H16ClN2.ClH/c21-17-12-10-16(11-13-17)14-22-15-23(18-6-2-1-3-7-18)20-9-5-4-8-19(20)22;/h1-13,15H,14H2;1H/q+1;/p-1. The zero-order valence-corrected chi connectivity index (χ0v) is 14.5. The van der Waals surface area contributed by atoms with E-state index in [0.29, 0.717) is 0 Å². The Bertz CT molecular complexity index is 944. The van der Waals surface area contributed by atoms with Crippen LogP contribution in [0.1, 0.15) is 5.56 Å². The molecule has 0 unspecified atom stereocenters. The van der Waals surface area contributed by atoms with E-state index >= 15 is 0 Å². The fourth-order valence-electron chi connectivity index (χ4n) is 2.88. The fourth-order valence-corrected chi connectivity index (χ4v) is 3.01. The summed E-state index contributed by atoms with van der Waals surface area (Å²) >= 11 is 5.98. The maximum absolute atomic E-state index is 5.98. The van der Waals surface area contributed by atoms with Crippen molar-refractivity contribution < 1.29 is 17.0 Å². The molecular weight excluding hydrogens is 339 g/mol. The molecule has 0 bridgehead atoms. The molecule has 4 heteroatoms. The highest BCUT2D eigenvalue weighted by atomic mass is 35.5. The second-order valence-electron chi connectivity index (χ2n) is 5.56. The summed E-state index contributed by atoms with van der Waals surface area (Å²) in [5.74, 6) is 0. The maximum Gasteiger partial charge on any atom is 0.250 e. The van der Waals surface area contributed by atoms with E-state index in [9.17, 15) is 0 Å². The number of benzene rings is 3. The van der Waals surface area contributed by atoms with Crippen molar-refractivity contribution in [3.63, 3.8) is 0 Å². The lowest BCUT2D eigenvalue weighted by atomic mass is 10.2. The van der Waals surface area contributed by atoms with Crippen LogP contribution in [0.3, 0.4) is 0 Å². The molecule has 4 aromatic rings. The average molecular weight is 355 g/mol. The number of fused-ring (bicyclic) bond motifs is 1. The lowest BCUT2D eigenvalue weighted by Crippen LogP contribution is -3.00. The third kappa shape index (κ3) is 3.16. The van der Waals surface area contributed by atoms with Crippen LogP contribution in [-0.4, -0.2) is 4.57 Å². The lowest BCUT2D eigenvalue weighted by molar-refractivity contribution is -0.662. The van der Waals surface area contributed by atoms with E-state index in [2.05, 4.69) is 76.1 Å². The van der Waals surface area contributed by atoms with Crippen molar-refractivity contribution in [2.45, 2.75) is 6.54 Å². The molecule has 0 saturated heterocycles. The van der Waals surface area contributed by atoms with E-state index in [1.807, 2.05) is 18.2 Å². The van der Waals surface area contributed by atoms with Crippen LogP contribution in [0.5, 0.6) is 0 Å². The van der Waals surface area contributed by atoms with Crippen molar-refractivity contribution in [2.75, 3.05) is 0 Å². The van der Waals surface area contributed by atoms with Crippen LogP contribution in [0.25, 0.3) is 16.7 Å². The summed E-state index contributed by atoms with van der Waals surface area (Å²) in [7, 11) is 0. The molecule has 24 heavy (non-hydrogen) atoms. The van der Waals surface area contributed by atoms with Gasteiger partial charge in [0.05, 0.1) is 0 Å². The number of rotatable bonds is 3. The number of hydrogen-bond donors (Lipinski definition) is 0. The molecule has 0 aliphatic heterocycles. The minimum Gasteiger partial charge on any atom is -1.00 e. The Hall–Kier alpha value is -2.29. The van der Waals surface area contributed by atoms with Crippen molar-refractivity contribution in [3.8, 4) is 5.69 Å². The quantitative estimate of drug-likeness (QED) is 0.494. The molecule has 4 rings (SSSR count). The Balaban J connectivity index is 0.00000169. The Morgan fingerprint density at radius 1 is 0.792 bits per heavy atom. The van der Waals surface area contributed by atoms with Gasteiger partial charge in [-0.1, -0.05) is 54.1 Å². The van der Waals surface area contributed by atoms with E-state index in [0.717, 1.165) is 11.6 Å². The van der Waals surface area contributed by atoms with Gasteiger partial charge in [-0.25, -0.2) is 4.57 Å². The highest BCUT2D eigenvalue weighted by molar-refractivity contribution is 6.30. The first-order valence-corrected chi connectivity index (χ1v) is 7.98. The predicted molar refractivity (Wildman–Crippen MR) is 94.0 cm³/mol. The van der Waals surface area contributed by atoms with Crippen LogP contribution in [-0.2, 0) is 6.54 Å². The Labute approximate surface area is 152 Å². The largest absolute Gasteiger partial charge is 1.00 e. The number of nitrogens with zero attached hydrogens (tertiary/aromatic N) is 2. The van der Waals surface area contributed by atoms with Gasteiger partial charge in [0.25, 0.3) is 0 Å². The zero-order valence-electron chi connectivity index (χ0n) is 12.9. The van der Waals surface area contributed by atoms with Gasteiger partial charge >= 0.3 is 0 Å². The zero-order chi connectivity index (χ0) is 15.6. The molecule has 0 atom stereocenters. The normalized spacial score (nSPS) is 10.5. The third-order valence-corrected chi connectivity index (χ3v) is 4.26. The van der Waals surface area contributed by atoms with Crippen LogP contribution in [0.15, 0.2) is 85.2 Å². The molecule has 1 heterocycles. The second kappa shape index (κ2) is 7.08. The van der Waals surface area contributed by atoms with Gasteiger partial charge in [-0.15, -0.1) is 0 Å². The van der Waals surface area contributed by atoms with Crippen LogP contribution < -0.4 is 17.0 Å². The van der Waals surface area contributed by atoms with Gasteiger partial charge < -0.3 is 12.4 Å². The molecule has 0 amide bonds. The van der Waals surface area contributed by atoms with Crippen molar-refractivity contribution in [3.05, 3.63) is 95.8 Å². The molecule has 120 valence electrons. The first kappa shape index (κ1) is 16.6. The van der Waals surface area contributed by atoms with Crippen molar-refractivity contribution in [1.29, 1.82) is 0 Å². The molecule has 1 aromatic heterocycles.